The molecule has 0 radical (unpaired) electrons. The van der Waals surface area contributed by atoms with Gasteiger partial charge in [-0.05, 0) is 44.0 Å². The molecule has 0 heterocycles. The predicted octanol–water partition coefficient (Wildman–Crippen LogP) is 2.70. The van der Waals surface area contributed by atoms with Crippen LogP contribution >= 0.6 is 31.9 Å². The Morgan fingerprint density at radius 3 is 2.54 bits per heavy atom. The highest BCUT2D eigenvalue weighted by Gasteiger charge is 2.14. The first kappa shape index (κ1) is 10.5. The fourth-order valence-corrected chi connectivity index (χ4v) is 1.65. The van der Waals surface area contributed by atoms with Crippen LogP contribution in [0.25, 0.3) is 0 Å². The molecule has 0 spiro atoms. The lowest BCUT2D eigenvalue weighted by molar-refractivity contribution is 0.0599. The number of carbonyl (C=O) groups excluding carboxylic acids is 1. The molecule has 1 aromatic carbocycles. The molecule has 0 aromatic heterocycles. The van der Waals surface area contributed by atoms with E-state index in [1.165, 1.54) is 19.2 Å². The zero-order chi connectivity index (χ0) is 10.0. The Kier molecular flexibility index (Phi) is 3.33. The first-order valence-corrected chi connectivity index (χ1v) is 4.91. The lowest BCUT2D eigenvalue weighted by Crippen LogP contribution is -2.02. The number of halogens is 2. The highest BCUT2D eigenvalue weighted by Crippen LogP contribution is 2.34. The number of phenolic OH excluding ortho intramolecular Hbond substituents is 1. The van der Waals surface area contributed by atoms with Crippen LogP contribution in [0.5, 0.6) is 5.75 Å². The topological polar surface area (TPSA) is 46.5 Å². The van der Waals surface area contributed by atoms with Gasteiger partial charge in [-0.1, -0.05) is 0 Å². The van der Waals surface area contributed by atoms with Crippen molar-refractivity contribution in [1.82, 2.24) is 0 Å². The summed E-state index contributed by atoms with van der Waals surface area (Å²) in [6.45, 7) is 0. The van der Waals surface area contributed by atoms with Gasteiger partial charge in [0, 0.05) is 4.47 Å². The maximum absolute atomic E-state index is 11.1. The molecular weight excluding hydrogens is 304 g/mol. The molecule has 5 heteroatoms. The zero-order valence-corrected chi connectivity index (χ0v) is 9.85. The molecule has 70 valence electrons. The van der Waals surface area contributed by atoms with Crippen LogP contribution in [0.15, 0.2) is 21.1 Å². The lowest BCUT2D eigenvalue weighted by Gasteiger charge is -2.05. The van der Waals surface area contributed by atoms with Gasteiger partial charge >= 0.3 is 5.97 Å². The van der Waals surface area contributed by atoms with E-state index in [0.717, 1.165) is 0 Å². The third-order valence-electron chi connectivity index (χ3n) is 1.47. The van der Waals surface area contributed by atoms with E-state index in [1.807, 2.05) is 0 Å². The van der Waals surface area contributed by atoms with Gasteiger partial charge in [-0.3, -0.25) is 0 Å². The smallest absolute Gasteiger partial charge is 0.339 e. The van der Waals surface area contributed by atoms with E-state index in [4.69, 9.17) is 0 Å². The molecule has 1 aromatic rings. The Morgan fingerprint density at radius 2 is 2.00 bits per heavy atom. The molecule has 0 unspecified atom stereocenters. The van der Waals surface area contributed by atoms with E-state index < -0.39 is 5.97 Å². The Balaban J connectivity index is 3.26. The van der Waals surface area contributed by atoms with E-state index in [9.17, 15) is 9.90 Å². The number of phenols is 1. The first-order chi connectivity index (χ1) is 6.07. The number of rotatable bonds is 1. The molecule has 0 atom stereocenters. The summed E-state index contributed by atoms with van der Waals surface area (Å²) in [6, 6.07) is 2.90. The fraction of sp³-hybridized carbons (Fsp3) is 0.125. The largest absolute Gasteiger partial charge is 0.507 e. The Bertz CT molecular complexity index is 349. The molecule has 0 fully saturated rings. The third kappa shape index (κ3) is 2.03. The van der Waals surface area contributed by atoms with Gasteiger partial charge < -0.3 is 9.84 Å². The monoisotopic (exact) mass is 308 g/mol. The van der Waals surface area contributed by atoms with Gasteiger partial charge in [-0.25, -0.2) is 4.79 Å². The number of carbonyl (C=O) groups is 1. The Hall–Kier alpha value is -0.550. The second kappa shape index (κ2) is 4.11. The molecule has 13 heavy (non-hydrogen) atoms. The number of aromatic hydroxyl groups is 1. The van der Waals surface area contributed by atoms with Crippen molar-refractivity contribution in [3.63, 3.8) is 0 Å². The van der Waals surface area contributed by atoms with Crippen molar-refractivity contribution >= 4 is 37.8 Å². The summed E-state index contributed by atoms with van der Waals surface area (Å²) in [5.74, 6) is -0.382. The average Bonchev–Trinajstić information content (AvgIpc) is 2.13. The quantitative estimate of drug-likeness (QED) is 0.811. The summed E-state index contributed by atoms with van der Waals surface area (Å²) in [6.07, 6.45) is 0. The summed E-state index contributed by atoms with van der Waals surface area (Å²) in [4.78, 5) is 11.1. The van der Waals surface area contributed by atoms with Crippen LogP contribution in [0.1, 0.15) is 10.4 Å². The van der Waals surface area contributed by atoms with Crippen LogP contribution in [0.2, 0.25) is 0 Å². The molecule has 0 saturated carbocycles. The molecule has 0 aliphatic carbocycles. The second-order valence-electron chi connectivity index (χ2n) is 2.25. The minimum absolute atomic E-state index is 0.0690. The highest BCUT2D eigenvalue weighted by atomic mass is 79.9. The van der Waals surface area contributed by atoms with Gasteiger partial charge in [-0.2, -0.15) is 0 Å². The second-order valence-corrected chi connectivity index (χ2v) is 3.84. The standard InChI is InChI=1S/C8H6Br2O3/c1-13-8(12)4-2-3-5(11)7(10)6(4)9/h2-3,11H,1H3. The normalized spacial score (nSPS) is 9.77. The van der Waals surface area contributed by atoms with Crippen LogP contribution in [0.3, 0.4) is 0 Å². The number of hydrogen-bond donors (Lipinski definition) is 1. The molecule has 1 N–H and O–H groups in total. The van der Waals surface area contributed by atoms with Crippen molar-refractivity contribution in [3.05, 3.63) is 26.6 Å². The van der Waals surface area contributed by atoms with E-state index in [-0.39, 0.29) is 5.75 Å². The Labute approximate surface area is 92.0 Å². The summed E-state index contributed by atoms with van der Waals surface area (Å²) in [5.41, 5.74) is 0.368. The average molecular weight is 310 g/mol. The zero-order valence-electron chi connectivity index (χ0n) is 6.67. The van der Waals surface area contributed by atoms with E-state index in [0.29, 0.717) is 14.5 Å². The number of hydrogen-bond acceptors (Lipinski definition) is 3. The van der Waals surface area contributed by atoms with Gasteiger partial charge in [0.05, 0.1) is 17.1 Å². The maximum Gasteiger partial charge on any atom is 0.339 e. The number of esters is 1. The maximum atomic E-state index is 11.1. The van der Waals surface area contributed by atoms with Crippen LogP contribution in [0, 0.1) is 0 Å². The van der Waals surface area contributed by atoms with Crippen LogP contribution in [0.4, 0.5) is 0 Å². The Morgan fingerprint density at radius 1 is 1.38 bits per heavy atom. The molecule has 1 rings (SSSR count). The first-order valence-electron chi connectivity index (χ1n) is 3.33. The van der Waals surface area contributed by atoms with Crippen LogP contribution in [-0.2, 0) is 4.74 Å². The molecule has 0 aliphatic heterocycles. The van der Waals surface area contributed by atoms with Gasteiger partial charge in [0.2, 0.25) is 0 Å². The van der Waals surface area contributed by atoms with Gasteiger partial charge in [-0.15, -0.1) is 0 Å². The number of benzene rings is 1. The fourth-order valence-electron chi connectivity index (χ4n) is 0.807. The van der Waals surface area contributed by atoms with E-state index >= 15 is 0 Å². The van der Waals surface area contributed by atoms with Crippen molar-refractivity contribution in [1.29, 1.82) is 0 Å². The molecule has 3 nitrogen and oxygen atoms in total. The minimum atomic E-state index is -0.451. The lowest BCUT2D eigenvalue weighted by atomic mass is 10.2. The molecule has 0 amide bonds. The summed E-state index contributed by atoms with van der Waals surface area (Å²) < 4.78 is 5.47. The summed E-state index contributed by atoms with van der Waals surface area (Å²) in [5, 5.41) is 9.25. The molecule has 0 bridgehead atoms. The summed E-state index contributed by atoms with van der Waals surface area (Å²) >= 11 is 6.29. The SMILES string of the molecule is COC(=O)c1ccc(O)c(Br)c1Br. The third-order valence-corrected chi connectivity index (χ3v) is 3.63. The number of methoxy groups -OCH3 is 1. The van der Waals surface area contributed by atoms with Crippen LogP contribution in [-0.4, -0.2) is 18.2 Å². The van der Waals surface area contributed by atoms with Crippen molar-refractivity contribution in [3.8, 4) is 5.75 Å². The van der Waals surface area contributed by atoms with Crippen molar-refractivity contribution in [2.24, 2.45) is 0 Å². The van der Waals surface area contributed by atoms with E-state index in [1.54, 1.807) is 0 Å². The van der Waals surface area contributed by atoms with Crippen molar-refractivity contribution < 1.29 is 14.6 Å². The predicted molar refractivity (Wildman–Crippen MR) is 54.8 cm³/mol. The molecule has 0 aliphatic rings. The molecule has 0 saturated heterocycles. The van der Waals surface area contributed by atoms with Gasteiger partial charge in [0.1, 0.15) is 5.75 Å². The highest BCUT2D eigenvalue weighted by molar-refractivity contribution is 9.13. The van der Waals surface area contributed by atoms with Crippen molar-refractivity contribution in [2.45, 2.75) is 0 Å². The number of ether oxygens (including phenoxy) is 1. The summed E-state index contributed by atoms with van der Waals surface area (Å²) in [7, 11) is 1.30. The molecular formula is C8H6Br2O3. The van der Waals surface area contributed by atoms with Gasteiger partial charge in [0.25, 0.3) is 0 Å². The minimum Gasteiger partial charge on any atom is -0.507 e. The van der Waals surface area contributed by atoms with Gasteiger partial charge in [0.15, 0.2) is 0 Å². The van der Waals surface area contributed by atoms with Crippen LogP contribution < -0.4 is 0 Å². The van der Waals surface area contributed by atoms with Crippen molar-refractivity contribution in [2.75, 3.05) is 7.11 Å². The van der Waals surface area contributed by atoms with E-state index in [2.05, 4.69) is 36.6 Å².